The van der Waals surface area contributed by atoms with Gasteiger partial charge in [-0.15, -0.1) is 24.0 Å². The van der Waals surface area contributed by atoms with Crippen LogP contribution in [0.25, 0.3) is 0 Å². The number of piperazine rings is 1. The zero-order valence-electron chi connectivity index (χ0n) is 18.3. The van der Waals surface area contributed by atoms with Crippen molar-refractivity contribution in [3.63, 3.8) is 0 Å². The number of halogens is 1. The Morgan fingerprint density at radius 2 is 1.90 bits per heavy atom. The number of aliphatic imine (C=N–C) groups is 1. The highest BCUT2D eigenvalue weighted by Gasteiger charge is 2.28. The van der Waals surface area contributed by atoms with Gasteiger partial charge in [0.1, 0.15) is 0 Å². The largest absolute Gasteiger partial charge is 0.355 e. The highest BCUT2D eigenvalue weighted by molar-refractivity contribution is 14.0. The molecule has 10 heteroatoms. The van der Waals surface area contributed by atoms with Gasteiger partial charge in [0.05, 0.1) is 0 Å². The molecule has 1 unspecified atom stereocenters. The molecule has 0 aliphatic carbocycles. The number of hydrogen-bond acceptors (Lipinski definition) is 6. The molecule has 1 aromatic rings. The standard InChI is InChI=1S/C20H34N8O.HI/c1-16(2)18(29)28-9-5-17(15-28)25-19(21-3)22-8-10-26-11-13-27(14-12-26)20-23-6-4-7-24-20;/h4,6-7,16-17H,5,8-15H2,1-3H3,(H2,21,22,25);1H. The maximum Gasteiger partial charge on any atom is 0.225 e. The molecule has 1 aromatic heterocycles. The summed E-state index contributed by atoms with van der Waals surface area (Å²) in [6.07, 6.45) is 4.54. The summed E-state index contributed by atoms with van der Waals surface area (Å²) in [4.78, 5) is 31.8. The summed E-state index contributed by atoms with van der Waals surface area (Å²) in [6.45, 7) is 11.2. The summed E-state index contributed by atoms with van der Waals surface area (Å²) in [5.74, 6) is 1.92. The molecular weight excluding hydrogens is 495 g/mol. The molecule has 2 aliphatic heterocycles. The minimum Gasteiger partial charge on any atom is -0.355 e. The van der Waals surface area contributed by atoms with E-state index in [1.54, 1.807) is 19.4 Å². The number of aromatic nitrogens is 2. The third-order valence-electron chi connectivity index (χ3n) is 5.49. The van der Waals surface area contributed by atoms with Crippen molar-refractivity contribution < 1.29 is 4.79 Å². The highest BCUT2D eigenvalue weighted by atomic mass is 127. The number of rotatable bonds is 6. The fourth-order valence-corrected chi connectivity index (χ4v) is 3.79. The van der Waals surface area contributed by atoms with Crippen molar-refractivity contribution in [2.75, 3.05) is 64.3 Å². The van der Waals surface area contributed by atoms with E-state index in [0.29, 0.717) is 0 Å². The first-order valence-corrected chi connectivity index (χ1v) is 10.6. The number of carbonyl (C=O) groups is 1. The van der Waals surface area contributed by atoms with Gasteiger partial charge in [0, 0.05) is 83.8 Å². The molecule has 168 valence electrons. The number of likely N-dealkylation sites (tertiary alicyclic amines) is 1. The molecule has 2 fully saturated rings. The zero-order chi connectivity index (χ0) is 20.6. The number of guanidine groups is 1. The first kappa shape index (κ1) is 24.6. The number of amides is 1. The lowest BCUT2D eigenvalue weighted by molar-refractivity contribution is -0.133. The number of nitrogens with zero attached hydrogens (tertiary/aromatic N) is 6. The van der Waals surface area contributed by atoms with Gasteiger partial charge >= 0.3 is 0 Å². The molecule has 0 spiro atoms. The van der Waals surface area contributed by atoms with Crippen LogP contribution in [-0.4, -0.2) is 97.1 Å². The van der Waals surface area contributed by atoms with Gasteiger partial charge in [0.2, 0.25) is 11.9 Å². The molecule has 9 nitrogen and oxygen atoms in total. The first-order chi connectivity index (χ1) is 14.1. The Bertz CT molecular complexity index is 679. The maximum absolute atomic E-state index is 12.1. The molecule has 0 saturated carbocycles. The van der Waals surface area contributed by atoms with Crippen LogP contribution >= 0.6 is 24.0 Å². The Labute approximate surface area is 196 Å². The minimum absolute atomic E-state index is 0. The van der Waals surface area contributed by atoms with Gasteiger partial charge in [-0.25, -0.2) is 9.97 Å². The third-order valence-corrected chi connectivity index (χ3v) is 5.49. The second-order valence-electron chi connectivity index (χ2n) is 7.95. The summed E-state index contributed by atoms with van der Waals surface area (Å²) < 4.78 is 0. The molecule has 2 saturated heterocycles. The van der Waals surface area contributed by atoms with Crippen molar-refractivity contribution in [1.29, 1.82) is 0 Å². The molecule has 0 bridgehead atoms. The van der Waals surface area contributed by atoms with Gasteiger partial charge in [0.15, 0.2) is 5.96 Å². The summed E-state index contributed by atoms with van der Waals surface area (Å²) in [7, 11) is 1.79. The fraction of sp³-hybridized carbons (Fsp3) is 0.700. The van der Waals surface area contributed by atoms with Crippen molar-refractivity contribution in [3.8, 4) is 0 Å². The van der Waals surface area contributed by atoms with Crippen molar-refractivity contribution in [1.82, 2.24) is 30.4 Å². The van der Waals surface area contributed by atoms with Crippen LogP contribution in [0.15, 0.2) is 23.5 Å². The number of nitrogens with one attached hydrogen (secondary N) is 2. The van der Waals surface area contributed by atoms with E-state index in [1.807, 2.05) is 24.8 Å². The van der Waals surface area contributed by atoms with Gasteiger partial charge in [-0.05, 0) is 12.5 Å². The van der Waals surface area contributed by atoms with E-state index in [9.17, 15) is 4.79 Å². The lowest BCUT2D eigenvalue weighted by atomic mass is 10.2. The Kier molecular flexibility index (Phi) is 10.0. The van der Waals surface area contributed by atoms with Crippen LogP contribution in [0.1, 0.15) is 20.3 Å². The van der Waals surface area contributed by atoms with E-state index in [0.717, 1.165) is 70.7 Å². The van der Waals surface area contributed by atoms with Crippen molar-refractivity contribution in [2.45, 2.75) is 26.3 Å². The van der Waals surface area contributed by atoms with E-state index in [1.165, 1.54) is 0 Å². The monoisotopic (exact) mass is 530 g/mol. The number of carbonyl (C=O) groups excluding carboxylic acids is 1. The smallest absolute Gasteiger partial charge is 0.225 e. The molecule has 2 aliphatic rings. The Balaban J connectivity index is 0.00000320. The summed E-state index contributed by atoms with van der Waals surface area (Å²) >= 11 is 0. The number of hydrogen-bond donors (Lipinski definition) is 2. The van der Waals surface area contributed by atoms with Crippen LogP contribution in [0.5, 0.6) is 0 Å². The lowest BCUT2D eigenvalue weighted by Gasteiger charge is -2.34. The van der Waals surface area contributed by atoms with Gasteiger partial charge in [0.25, 0.3) is 0 Å². The predicted molar refractivity (Wildman–Crippen MR) is 130 cm³/mol. The van der Waals surface area contributed by atoms with Crippen LogP contribution in [-0.2, 0) is 4.79 Å². The van der Waals surface area contributed by atoms with E-state index in [4.69, 9.17) is 0 Å². The molecule has 0 aromatic carbocycles. The normalized spacial score (nSPS) is 20.3. The summed E-state index contributed by atoms with van der Waals surface area (Å²) in [5, 5.41) is 6.87. The van der Waals surface area contributed by atoms with Crippen molar-refractivity contribution in [2.24, 2.45) is 10.9 Å². The van der Waals surface area contributed by atoms with Gasteiger partial charge < -0.3 is 20.4 Å². The van der Waals surface area contributed by atoms with Crippen LogP contribution in [0.3, 0.4) is 0 Å². The van der Waals surface area contributed by atoms with E-state index in [-0.39, 0.29) is 41.8 Å². The lowest BCUT2D eigenvalue weighted by Crippen LogP contribution is -2.50. The minimum atomic E-state index is 0. The maximum atomic E-state index is 12.1. The van der Waals surface area contributed by atoms with Crippen LogP contribution in [0.4, 0.5) is 5.95 Å². The summed E-state index contributed by atoms with van der Waals surface area (Å²) in [5.41, 5.74) is 0. The molecule has 1 amide bonds. The van der Waals surface area contributed by atoms with Crippen LogP contribution in [0, 0.1) is 5.92 Å². The molecule has 3 heterocycles. The fourth-order valence-electron chi connectivity index (χ4n) is 3.79. The molecule has 30 heavy (non-hydrogen) atoms. The topological polar surface area (TPSA) is 89.0 Å². The van der Waals surface area contributed by atoms with E-state index < -0.39 is 0 Å². The highest BCUT2D eigenvalue weighted by Crippen LogP contribution is 2.13. The molecule has 1 atom stereocenters. The second-order valence-corrected chi connectivity index (χ2v) is 7.95. The average Bonchev–Trinajstić information content (AvgIpc) is 3.22. The zero-order valence-corrected chi connectivity index (χ0v) is 20.6. The quantitative estimate of drug-likeness (QED) is 0.317. The van der Waals surface area contributed by atoms with Gasteiger partial charge in [-0.2, -0.15) is 0 Å². The Hall–Kier alpha value is -1.69. The van der Waals surface area contributed by atoms with E-state index >= 15 is 0 Å². The molecular formula is C20H35IN8O. The average molecular weight is 530 g/mol. The number of anilines is 1. The Morgan fingerprint density at radius 3 is 2.53 bits per heavy atom. The molecule has 2 N–H and O–H groups in total. The van der Waals surface area contributed by atoms with Gasteiger partial charge in [-0.3, -0.25) is 14.7 Å². The first-order valence-electron chi connectivity index (χ1n) is 10.6. The van der Waals surface area contributed by atoms with Crippen LogP contribution in [0.2, 0.25) is 0 Å². The van der Waals surface area contributed by atoms with Crippen LogP contribution < -0.4 is 15.5 Å². The second kappa shape index (κ2) is 12.2. The van der Waals surface area contributed by atoms with E-state index in [2.05, 4.69) is 35.4 Å². The third kappa shape index (κ3) is 6.93. The Morgan fingerprint density at radius 1 is 1.20 bits per heavy atom. The molecule has 0 radical (unpaired) electrons. The predicted octanol–water partition coefficient (Wildman–Crippen LogP) is 0.639. The van der Waals surface area contributed by atoms with Crippen molar-refractivity contribution >= 4 is 41.8 Å². The molecule has 3 rings (SSSR count). The van der Waals surface area contributed by atoms with Gasteiger partial charge in [-0.1, -0.05) is 13.8 Å². The SMILES string of the molecule is CN=C(NCCN1CCN(c2ncccn2)CC1)NC1CCN(C(=O)C(C)C)C1.I. The van der Waals surface area contributed by atoms with Crippen molar-refractivity contribution in [3.05, 3.63) is 18.5 Å². The summed E-state index contributed by atoms with van der Waals surface area (Å²) in [6, 6.07) is 2.11.